The molecule has 1 atom stereocenters. The molecule has 8 nitrogen and oxygen atoms in total. The van der Waals surface area contributed by atoms with Crippen molar-refractivity contribution in [3.8, 4) is 11.5 Å². The Labute approximate surface area is 300 Å². The Kier molecular flexibility index (Phi) is 9.38. The number of ketones is 1. The van der Waals surface area contributed by atoms with Crippen molar-refractivity contribution in [1.29, 1.82) is 0 Å². The van der Waals surface area contributed by atoms with Gasteiger partial charge in [0.05, 0.1) is 38.2 Å². The smallest absolute Gasteiger partial charge is 0.242 e. The van der Waals surface area contributed by atoms with Crippen LogP contribution >= 0.6 is 0 Å². The molecule has 1 unspecified atom stereocenters. The van der Waals surface area contributed by atoms with E-state index in [4.69, 9.17) is 9.47 Å². The highest BCUT2D eigenvalue weighted by atomic mass is 16.5. The number of methoxy groups -OCH3 is 2. The highest BCUT2D eigenvalue weighted by molar-refractivity contribution is 6.02. The molecule has 1 amide bonds. The molecule has 2 N–H and O–H groups in total. The molecule has 4 aromatic carbocycles. The van der Waals surface area contributed by atoms with Crippen LogP contribution in [0.15, 0.2) is 114 Å². The first-order valence-corrected chi connectivity index (χ1v) is 17.8. The van der Waals surface area contributed by atoms with E-state index in [0.717, 1.165) is 33.8 Å². The SMILES string of the molecule is COc1ccc(C2C3=C(CC(C)(C)CC3=O)Nc3ccccc3N2CC(=O)N2CCC(C(O)(c3ccccc3)c3ccccc3)CC2)c(OC)c1. The van der Waals surface area contributed by atoms with Crippen LogP contribution in [0.1, 0.15) is 62.3 Å². The number of amides is 1. The lowest BCUT2D eigenvalue weighted by Gasteiger charge is -2.43. The summed E-state index contributed by atoms with van der Waals surface area (Å²) in [6.45, 7) is 5.32. The Morgan fingerprint density at radius 1 is 0.863 bits per heavy atom. The number of carbonyl (C=O) groups is 2. The number of ether oxygens (including phenoxy) is 2. The fourth-order valence-corrected chi connectivity index (χ4v) is 8.41. The van der Waals surface area contributed by atoms with Crippen molar-refractivity contribution in [2.24, 2.45) is 11.3 Å². The molecule has 4 aromatic rings. The monoisotopic (exact) mass is 685 g/mol. The average molecular weight is 686 g/mol. The summed E-state index contributed by atoms with van der Waals surface area (Å²) in [7, 11) is 3.23. The maximum Gasteiger partial charge on any atom is 0.242 e. The third kappa shape index (κ3) is 6.49. The summed E-state index contributed by atoms with van der Waals surface area (Å²) in [5.74, 6) is 1.17. The van der Waals surface area contributed by atoms with Gasteiger partial charge in [0.2, 0.25) is 5.91 Å². The normalized spacial score (nSPS) is 19.1. The van der Waals surface area contributed by atoms with Crippen LogP contribution < -0.4 is 19.7 Å². The van der Waals surface area contributed by atoms with Crippen LogP contribution in [0.4, 0.5) is 11.4 Å². The number of piperidine rings is 1. The van der Waals surface area contributed by atoms with Crippen LogP contribution in [0.25, 0.3) is 0 Å². The van der Waals surface area contributed by atoms with Gasteiger partial charge >= 0.3 is 0 Å². The van der Waals surface area contributed by atoms with E-state index in [-0.39, 0.29) is 29.6 Å². The predicted molar refractivity (Wildman–Crippen MR) is 200 cm³/mol. The minimum Gasteiger partial charge on any atom is -0.497 e. The van der Waals surface area contributed by atoms with E-state index in [1.165, 1.54) is 0 Å². The van der Waals surface area contributed by atoms with E-state index in [1.54, 1.807) is 14.2 Å². The molecule has 0 bridgehead atoms. The summed E-state index contributed by atoms with van der Waals surface area (Å²) in [5.41, 5.74) is 4.34. The van der Waals surface area contributed by atoms with Gasteiger partial charge in [0.25, 0.3) is 0 Å². The fourth-order valence-electron chi connectivity index (χ4n) is 8.41. The highest BCUT2D eigenvalue weighted by Gasteiger charge is 2.45. The van der Waals surface area contributed by atoms with E-state index < -0.39 is 11.6 Å². The topological polar surface area (TPSA) is 91.3 Å². The van der Waals surface area contributed by atoms with Crippen LogP contribution in [0.2, 0.25) is 0 Å². The minimum absolute atomic E-state index is 0.0312. The molecule has 1 saturated heterocycles. The van der Waals surface area contributed by atoms with E-state index in [9.17, 15) is 14.7 Å². The second-order valence-electron chi connectivity index (χ2n) is 14.8. The van der Waals surface area contributed by atoms with Gasteiger partial charge in [-0.25, -0.2) is 0 Å². The fraction of sp³-hybridized carbons (Fsp3) is 0.349. The first kappa shape index (κ1) is 34.4. The lowest BCUT2D eigenvalue weighted by molar-refractivity contribution is -0.132. The third-order valence-electron chi connectivity index (χ3n) is 10.9. The second kappa shape index (κ2) is 13.9. The molecule has 7 rings (SSSR count). The summed E-state index contributed by atoms with van der Waals surface area (Å²) in [6.07, 6.45) is 2.38. The number of fused-ring (bicyclic) bond motifs is 1. The van der Waals surface area contributed by atoms with E-state index >= 15 is 0 Å². The number of nitrogens with zero attached hydrogens (tertiary/aromatic N) is 2. The van der Waals surface area contributed by atoms with Gasteiger partial charge in [-0.15, -0.1) is 0 Å². The molecule has 51 heavy (non-hydrogen) atoms. The van der Waals surface area contributed by atoms with Crippen molar-refractivity contribution in [2.45, 2.75) is 51.2 Å². The summed E-state index contributed by atoms with van der Waals surface area (Å²) < 4.78 is 11.5. The number of anilines is 2. The number of rotatable bonds is 8. The van der Waals surface area contributed by atoms with Crippen molar-refractivity contribution in [3.05, 3.63) is 131 Å². The molecule has 0 radical (unpaired) electrons. The van der Waals surface area contributed by atoms with Gasteiger partial charge in [0.15, 0.2) is 5.78 Å². The van der Waals surface area contributed by atoms with Crippen molar-refractivity contribution in [1.82, 2.24) is 4.90 Å². The first-order valence-electron chi connectivity index (χ1n) is 17.8. The number of Topliss-reactive ketones (excluding diaryl/α,β-unsaturated/α-hetero) is 1. The number of para-hydroxylation sites is 2. The van der Waals surface area contributed by atoms with E-state index in [0.29, 0.717) is 55.8 Å². The minimum atomic E-state index is -1.18. The van der Waals surface area contributed by atoms with Crippen molar-refractivity contribution >= 4 is 23.1 Å². The largest absolute Gasteiger partial charge is 0.497 e. The second-order valence-corrected chi connectivity index (χ2v) is 14.8. The van der Waals surface area contributed by atoms with Gasteiger partial charge in [-0.05, 0) is 66.0 Å². The zero-order chi connectivity index (χ0) is 35.8. The molecular formula is C43H47N3O5. The van der Waals surface area contributed by atoms with Crippen LogP contribution in [0.5, 0.6) is 11.5 Å². The van der Waals surface area contributed by atoms with Gasteiger partial charge in [0.1, 0.15) is 17.1 Å². The van der Waals surface area contributed by atoms with Gasteiger partial charge in [-0.2, -0.15) is 0 Å². The van der Waals surface area contributed by atoms with Crippen LogP contribution in [0.3, 0.4) is 0 Å². The Morgan fingerprint density at radius 3 is 2.12 bits per heavy atom. The zero-order valence-corrected chi connectivity index (χ0v) is 29.9. The van der Waals surface area contributed by atoms with Crippen LogP contribution in [-0.2, 0) is 15.2 Å². The zero-order valence-electron chi connectivity index (χ0n) is 29.9. The van der Waals surface area contributed by atoms with Crippen LogP contribution in [0, 0.1) is 11.3 Å². The number of carbonyl (C=O) groups excluding carboxylic acids is 2. The van der Waals surface area contributed by atoms with Crippen LogP contribution in [-0.4, -0.2) is 55.6 Å². The maximum absolute atomic E-state index is 14.5. The molecule has 2 heterocycles. The summed E-state index contributed by atoms with van der Waals surface area (Å²) in [5, 5.41) is 16.1. The van der Waals surface area contributed by atoms with Gasteiger partial charge in [-0.3, -0.25) is 9.59 Å². The third-order valence-corrected chi connectivity index (χ3v) is 10.9. The lowest BCUT2D eigenvalue weighted by atomic mass is 9.72. The predicted octanol–water partition coefficient (Wildman–Crippen LogP) is 7.49. The molecule has 3 aliphatic rings. The van der Waals surface area contributed by atoms with Gasteiger partial charge in [0, 0.05) is 42.4 Å². The highest BCUT2D eigenvalue weighted by Crippen LogP contribution is 2.50. The number of hydrogen-bond acceptors (Lipinski definition) is 7. The van der Waals surface area contributed by atoms with E-state index in [1.807, 2.05) is 108 Å². The Morgan fingerprint density at radius 2 is 1.49 bits per heavy atom. The molecule has 0 aromatic heterocycles. The number of likely N-dealkylation sites (tertiary alicyclic amines) is 1. The number of aliphatic hydroxyl groups is 1. The molecule has 1 fully saturated rings. The quantitative estimate of drug-likeness (QED) is 0.199. The molecule has 264 valence electrons. The Bertz CT molecular complexity index is 1890. The summed E-state index contributed by atoms with van der Waals surface area (Å²) in [4.78, 5) is 32.7. The first-order chi connectivity index (χ1) is 24.6. The van der Waals surface area contributed by atoms with Gasteiger partial charge < -0.3 is 29.7 Å². The van der Waals surface area contributed by atoms with Crippen molar-refractivity contribution in [3.63, 3.8) is 0 Å². The molecule has 0 spiro atoms. The molecule has 0 saturated carbocycles. The average Bonchev–Trinajstić information content (AvgIpc) is 3.28. The number of hydrogen-bond donors (Lipinski definition) is 2. The Balaban J connectivity index is 1.23. The lowest BCUT2D eigenvalue weighted by Crippen LogP contribution is -2.49. The summed E-state index contributed by atoms with van der Waals surface area (Å²) in [6, 6.07) is 32.8. The number of benzene rings is 4. The molecule has 2 aliphatic heterocycles. The van der Waals surface area contributed by atoms with E-state index in [2.05, 4.69) is 24.1 Å². The number of allylic oxidation sites excluding steroid dienone is 1. The molecule has 8 heteroatoms. The number of nitrogens with one attached hydrogen (secondary N) is 1. The Hall–Kier alpha value is -5.08. The summed E-state index contributed by atoms with van der Waals surface area (Å²) >= 11 is 0. The maximum atomic E-state index is 14.5. The molecular weight excluding hydrogens is 638 g/mol. The standard InChI is InChI=1S/C43H47N3O5/c1-42(2)26-35-40(37(47)27-42)41(33-20-19-32(50-3)25-38(33)51-4)46(36-18-12-11-17-34(36)44-35)28-39(48)45-23-21-31(22-24-45)43(49,29-13-7-5-8-14-29)30-15-9-6-10-16-30/h5-20,25,31,41,44,49H,21-24,26-28H2,1-4H3. The van der Waals surface area contributed by atoms with Gasteiger partial charge in [-0.1, -0.05) is 86.6 Å². The van der Waals surface area contributed by atoms with Crippen molar-refractivity contribution < 1.29 is 24.2 Å². The molecule has 1 aliphatic carbocycles. The van der Waals surface area contributed by atoms with Crippen molar-refractivity contribution in [2.75, 3.05) is 44.1 Å².